The molecule has 104 valence electrons. The highest BCUT2D eigenvalue weighted by atomic mass is 35.5. The SMILES string of the molecule is CCOCC(=O)N1CCN(c2ccncc2Cl)CC1. The van der Waals surface area contributed by atoms with Crippen molar-refractivity contribution in [1.29, 1.82) is 0 Å². The normalized spacial score (nSPS) is 15.7. The van der Waals surface area contributed by atoms with E-state index in [0.29, 0.717) is 24.7 Å². The highest BCUT2D eigenvalue weighted by Gasteiger charge is 2.22. The van der Waals surface area contributed by atoms with E-state index in [0.717, 1.165) is 18.8 Å². The van der Waals surface area contributed by atoms with Gasteiger partial charge in [-0.25, -0.2) is 0 Å². The standard InChI is InChI=1S/C13H18ClN3O2/c1-2-19-10-13(18)17-7-5-16(6-8-17)12-3-4-15-9-11(12)14/h3-4,9H,2,5-8,10H2,1H3. The van der Waals surface area contributed by atoms with Crippen LogP contribution in [0.15, 0.2) is 18.5 Å². The summed E-state index contributed by atoms with van der Waals surface area (Å²) in [6, 6.07) is 1.90. The lowest BCUT2D eigenvalue weighted by Crippen LogP contribution is -2.49. The van der Waals surface area contributed by atoms with Gasteiger partial charge in [0.15, 0.2) is 0 Å². The second-order valence-electron chi connectivity index (χ2n) is 4.33. The molecule has 0 radical (unpaired) electrons. The zero-order chi connectivity index (χ0) is 13.7. The number of nitrogens with zero attached hydrogens (tertiary/aromatic N) is 3. The average Bonchev–Trinajstić information content (AvgIpc) is 2.45. The molecule has 6 heteroatoms. The van der Waals surface area contributed by atoms with E-state index < -0.39 is 0 Å². The molecule has 1 aromatic rings. The van der Waals surface area contributed by atoms with Crippen molar-refractivity contribution in [2.45, 2.75) is 6.92 Å². The van der Waals surface area contributed by atoms with Crippen molar-refractivity contribution in [1.82, 2.24) is 9.88 Å². The Kier molecular flexibility index (Phi) is 4.99. The van der Waals surface area contributed by atoms with Gasteiger partial charge in [0, 0.05) is 45.2 Å². The molecule has 2 rings (SSSR count). The van der Waals surface area contributed by atoms with Crippen molar-refractivity contribution in [2.75, 3.05) is 44.3 Å². The Morgan fingerprint density at radius 1 is 1.42 bits per heavy atom. The highest BCUT2D eigenvalue weighted by molar-refractivity contribution is 6.33. The number of hydrogen-bond donors (Lipinski definition) is 0. The van der Waals surface area contributed by atoms with Crippen molar-refractivity contribution in [3.05, 3.63) is 23.5 Å². The van der Waals surface area contributed by atoms with Gasteiger partial charge in [0.25, 0.3) is 0 Å². The number of pyridine rings is 1. The van der Waals surface area contributed by atoms with Gasteiger partial charge in [0.05, 0.1) is 10.7 Å². The predicted molar refractivity (Wildman–Crippen MR) is 74.5 cm³/mol. The maximum absolute atomic E-state index is 11.8. The number of carbonyl (C=O) groups excluding carboxylic acids is 1. The zero-order valence-electron chi connectivity index (χ0n) is 11.0. The number of rotatable bonds is 4. The highest BCUT2D eigenvalue weighted by Crippen LogP contribution is 2.24. The molecule has 0 aromatic carbocycles. The Labute approximate surface area is 118 Å². The third-order valence-electron chi connectivity index (χ3n) is 3.15. The minimum atomic E-state index is 0.0577. The first-order valence-corrected chi connectivity index (χ1v) is 6.80. The number of amides is 1. The van der Waals surface area contributed by atoms with Crippen LogP contribution in [-0.4, -0.2) is 55.2 Å². The van der Waals surface area contributed by atoms with Crippen LogP contribution in [0.25, 0.3) is 0 Å². The Bertz CT molecular complexity index is 434. The van der Waals surface area contributed by atoms with Gasteiger partial charge in [-0.2, -0.15) is 0 Å². The van der Waals surface area contributed by atoms with Gasteiger partial charge in [-0.3, -0.25) is 9.78 Å². The van der Waals surface area contributed by atoms with Crippen LogP contribution in [0.4, 0.5) is 5.69 Å². The molecule has 1 amide bonds. The van der Waals surface area contributed by atoms with Crippen LogP contribution in [0, 0.1) is 0 Å². The first-order chi connectivity index (χ1) is 9.22. The van der Waals surface area contributed by atoms with E-state index in [4.69, 9.17) is 16.3 Å². The Morgan fingerprint density at radius 2 is 2.16 bits per heavy atom. The van der Waals surface area contributed by atoms with E-state index >= 15 is 0 Å². The molecular weight excluding hydrogens is 266 g/mol. The average molecular weight is 284 g/mol. The van der Waals surface area contributed by atoms with Crippen LogP contribution in [0.5, 0.6) is 0 Å². The summed E-state index contributed by atoms with van der Waals surface area (Å²) in [5, 5.41) is 0.650. The molecule has 0 saturated carbocycles. The fraction of sp³-hybridized carbons (Fsp3) is 0.538. The molecule has 0 unspecified atom stereocenters. The van der Waals surface area contributed by atoms with E-state index in [-0.39, 0.29) is 12.5 Å². The van der Waals surface area contributed by atoms with Crippen LogP contribution in [0.3, 0.4) is 0 Å². The predicted octanol–water partition coefficient (Wildman–Crippen LogP) is 1.42. The molecule has 1 aromatic heterocycles. The zero-order valence-corrected chi connectivity index (χ0v) is 11.8. The molecule has 1 aliphatic heterocycles. The van der Waals surface area contributed by atoms with Gasteiger partial charge in [0.1, 0.15) is 6.61 Å². The number of carbonyl (C=O) groups is 1. The largest absolute Gasteiger partial charge is 0.372 e. The summed E-state index contributed by atoms with van der Waals surface area (Å²) in [5.74, 6) is 0.0577. The van der Waals surface area contributed by atoms with Crippen molar-refractivity contribution in [3.8, 4) is 0 Å². The number of halogens is 1. The van der Waals surface area contributed by atoms with Gasteiger partial charge in [-0.15, -0.1) is 0 Å². The molecule has 1 saturated heterocycles. The lowest BCUT2D eigenvalue weighted by atomic mass is 10.2. The Hall–Kier alpha value is -1.33. The minimum Gasteiger partial charge on any atom is -0.372 e. The van der Waals surface area contributed by atoms with Crippen molar-refractivity contribution in [3.63, 3.8) is 0 Å². The molecule has 1 fully saturated rings. The van der Waals surface area contributed by atoms with Crippen LogP contribution in [0.1, 0.15) is 6.92 Å². The molecular formula is C13H18ClN3O2. The fourth-order valence-corrected chi connectivity index (χ4v) is 2.34. The van der Waals surface area contributed by atoms with Crippen molar-refractivity contribution in [2.24, 2.45) is 0 Å². The number of aromatic nitrogens is 1. The van der Waals surface area contributed by atoms with Crippen molar-refractivity contribution >= 4 is 23.2 Å². The molecule has 1 aliphatic rings. The molecule has 0 aliphatic carbocycles. The summed E-state index contributed by atoms with van der Waals surface area (Å²) in [5.41, 5.74) is 0.980. The minimum absolute atomic E-state index is 0.0577. The van der Waals surface area contributed by atoms with Crippen LogP contribution in [-0.2, 0) is 9.53 Å². The summed E-state index contributed by atoms with van der Waals surface area (Å²) < 4.78 is 5.14. The van der Waals surface area contributed by atoms with Gasteiger partial charge in [-0.1, -0.05) is 11.6 Å². The topological polar surface area (TPSA) is 45.7 Å². The molecule has 0 spiro atoms. The molecule has 19 heavy (non-hydrogen) atoms. The maximum Gasteiger partial charge on any atom is 0.248 e. The third kappa shape index (κ3) is 3.58. The molecule has 2 heterocycles. The Morgan fingerprint density at radius 3 is 2.79 bits per heavy atom. The third-order valence-corrected chi connectivity index (χ3v) is 3.44. The second kappa shape index (κ2) is 6.73. The number of anilines is 1. The van der Waals surface area contributed by atoms with E-state index in [9.17, 15) is 4.79 Å². The number of ether oxygens (including phenoxy) is 1. The smallest absolute Gasteiger partial charge is 0.248 e. The van der Waals surface area contributed by atoms with E-state index in [1.54, 1.807) is 12.4 Å². The van der Waals surface area contributed by atoms with Crippen molar-refractivity contribution < 1.29 is 9.53 Å². The lowest BCUT2D eigenvalue weighted by Gasteiger charge is -2.36. The molecule has 5 nitrogen and oxygen atoms in total. The number of piperazine rings is 1. The van der Waals surface area contributed by atoms with Gasteiger partial charge < -0.3 is 14.5 Å². The molecule has 0 bridgehead atoms. The van der Waals surface area contributed by atoms with Crippen LogP contribution < -0.4 is 4.90 Å². The van der Waals surface area contributed by atoms with Crippen LogP contribution in [0.2, 0.25) is 5.02 Å². The van der Waals surface area contributed by atoms with E-state index in [1.165, 1.54) is 0 Å². The summed E-state index contributed by atoms with van der Waals surface area (Å²) >= 11 is 6.12. The van der Waals surface area contributed by atoms with Gasteiger partial charge >= 0.3 is 0 Å². The molecule has 0 atom stereocenters. The fourth-order valence-electron chi connectivity index (χ4n) is 2.10. The Balaban J connectivity index is 1.89. The first-order valence-electron chi connectivity index (χ1n) is 6.42. The van der Waals surface area contributed by atoms with Gasteiger partial charge in [0.2, 0.25) is 5.91 Å². The molecule has 0 N–H and O–H groups in total. The van der Waals surface area contributed by atoms with E-state index in [2.05, 4.69) is 9.88 Å². The van der Waals surface area contributed by atoms with Gasteiger partial charge in [-0.05, 0) is 13.0 Å². The summed E-state index contributed by atoms with van der Waals surface area (Å²) in [6.45, 7) is 5.58. The lowest BCUT2D eigenvalue weighted by molar-refractivity contribution is -0.136. The summed E-state index contributed by atoms with van der Waals surface area (Å²) in [6.07, 6.45) is 3.37. The summed E-state index contributed by atoms with van der Waals surface area (Å²) in [4.78, 5) is 19.8. The first kappa shape index (κ1) is 14.1. The monoisotopic (exact) mass is 283 g/mol. The van der Waals surface area contributed by atoms with Crippen LogP contribution >= 0.6 is 11.6 Å². The maximum atomic E-state index is 11.8. The van der Waals surface area contributed by atoms with E-state index in [1.807, 2.05) is 17.9 Å². The second-order valence-corrected chi connectivity index (χ2v) is 4.74. The number of hydrogen-bond acceptors (Lipinski definition) is 4. The summed E-state index contributed by atoms with van der Waals surface area (Å²) in [7, 11) is 0. The quantitative estimate of drug-likeness (QED) is 0.838.